The van der Waals surface area contributed by atoms with E-state index in [0.29, 0.717) is 12.3 Å². The third-order valence-corrected chi connectivity index (χ3v) is 3.12. The number of carbonyl (C=O) groups excluding carboxylic acids is 1. The van der Waals surface area contributed by atoms with Gasteiger partial charge in [-0.25, -0.2) is 0 Å². The fourth-order valence-electron chi connectivity index (χ4n) is 1.53. The summed E-state index contributed by atoms with van der Waals surface area (Å²) < 4.78 is 37.4. The maximum atomic E-state index is 12.5. The first-order valence-corrected chi connectivity index (χ1v) is 6.08. The van der Waals surface area contributed by atoms with Crippen molar-refractivity contribution in [1.82, 2.24) is 4.98 Å². The second kappa shape index (κ2) is 5.42. The Bertz CT molecular complexity index is 671. The van der Waals surface area contributed by atoms with Gasteiger partial charge in [0.05, 0.1) is 15.6 Å². The Morgan fingerprint density at radius 3 is 2.30 bits per heavy atom. The van der Waals surface area contributed by atoms with Gasteiger partial charge in [-0.3, -0.25) is 9.78 Å². The van der Waals surface area contributed by atoms with Gasteiger partial charge in [0, 0.05) is 11.8 Å². The Balaban J connectivity index is 2.45. The summed E-state index contributed by atoms with van der Waals surface area (Å²) in [6, 6.07) is 6.81. The SMILES string of the molecule is O=C(c1ccccc1Cl)c1ncc(C(F)(F)F)cc1Cl. The van der Waals surface area contributed by atoms with Gasteiger partial charge in [0.25, 0.3) is 0 Å². The number of halogens is 5. The number of rotatable bonds is 2. The first-order chi connectivity index (χ1) is 9.30. The van der Waals surface area contributed by atoms with Crippen molar-refractivity contribution in [2.24, 2.45) is 0 Å². The highest BCUT2D eigenvalue weighted by Gasteiger charge is 2.32. The smallest absolute Gasteiger partial charge is 0.287 e. The fraction of sp³-hybridized carbons (Fsp3) is 0.0769. The Morgan fingerprint density at radius 2 is 1.75 bits per heavy atom. The molecule has 1 aromatic heterocycles. The lowest BCUT2D eigenvalue weighted by atomic mass is 10.1. The number of benzene rings is 1. The highest BCUT2D eigenvalue weighted by Crippen LogP contribution is 2.32. The molecule has 0 unspecified atom stereocenters. The van der Waals surface area contributed by atoms with Gasteiger partial charge >= 0.3 is 6.18 Å². The van der Waals surface area contributed by atoms with Crippen molar-refractivity contribution in [3.05, 3.63) is 63.4 Å². The van der Waals surface area contributed by atoms with Crippen molar-refractivity contribution in [2.75, 3.05) is 0 Å². The molecule has 0 atom stereocenters. The molecule has 0 aliphatic carbocycles. The van der Waals surface area contributed by atoms with E-state index in [1.54, 1.807) is 12.1 Å². The van der Waals surface area contributed by atoms with E-state index in [4.69, 9.17) is 23.2 Å². The minimum absolute atomic E-state index is 0.128. The number of hydrogen-bond acceptors (Lipinski definition) is 2. The first-order valence-electron chi connectivity index (χ1n) is 5.32. The molecule has 20 heavy (non-hydrogen) atoms. The molecule has 0 aliphatic rings. The van der Waals surface area contributed by atoms with E-state index in [1.807, 2.05) is 0 Å². The Morgan fingerprint density at radius 1 is 1.10 bits per heavy atom. The van der Waals surface area contributed by atoms with Crippen LogP contribution in [0.1, 0.15) is 21.6 Å². The van der Waals surface area contributed by atoms with Crippen LogP contribution in [0.2, 0.25) is 10.0 Å². The molecule has 1 aromatic carbocycles. The molecule has 0 radical (unpaired) electrons. The lowest BCUT2D eigenvalue weighted by Gasteiger charge is -2.09. The van der Waals surface area contributed by atoms with Crippen molar-refractivity contribution in [3.8, 4) is 0 Å². The molecule has 1 heterocycles. The maximum absolute atomic E-state index is 12.5. The Labute approximate surface area is 122 Å². The molecule has 0 bridgehead atoms. The summed E-state index contributed by atoms with van der Waals surface area (Å²) in [4.78, 5) is 15.6. The van der Waals surface area contributed by atoms with Crippen LogP contribution in [0.4, 0.5) is 13.2 Å². The summed E-state index contributed by atoms with van der Waals surface area (Å²) >= 11 is 11.6. The van der Waals surface area contributed by atoms with E-state index >= 15 is 0 Å². The van der Waals surface area contributed by atoms with Crippen molar-refractivity contribution in [1.29, 1.82) is 0 Å². The number of aromatic nitrogens is 1. The van der Waals surface area contributed by atoms with Gasteiger partial charge in [-0.05, 0) is 18.2 Å². The van der Waals surface area contributed by atoms with Crippen molar-refractivity contribution in [3.63, 3.8) is 0 Å². The molecule has 104 valence electrons. The Kier molecular flexibility index (Phi) is 4.01. The topological polar surface area (TPSA) is 30.0 Å². The summed E-state index contributed by atoms with van der Waals surface area (Å²) in [7, 11) is 0. The van der Waals surface area contributed by atoms with Crippen LogP contribution < -0.4 is 0 Å². The van der Waals surface area contributed by atoms with E-state index in [-0.39, 0.29) is 21.3 Å². The lowest BCUT2D eigenvalue weighted by molar-refractivity contribution is -0.137. The molecular weight excluding hydrogens is 314 g/mol. The predicted molar refractivity (Wildman–Crippen MR) is 69.1 cm³/mol. The lowest BCUT2D eigenvalue weighted by Crippen LogP contribution is -2.10. The zero-order chi connectivity index (χ0) is 14.9. The minimum Gasteiger partial charge on any atom is -0.287 e. The van der Waals surface area contributed by atoms with Crippen LogP contribution in [0.5, 0.6) is 0 Å². The van der Waals surface area contributed by atoms with Crippen LogP contribution in [0.3, 0.4) is 0 Å². The highest BCUT2D eigenvalue weighted by atomic mass is 35.5. The van der Waals surface area contributed by atoms with Gasteiger partial charge in [-0.1, -0.05) is 35.3 Å². The zero-order valence-electron chi connectivity index (χ0n) is 9.71. The fourth-order valence-corrected chi connectivity index (χ4v) is 2.01. The van der Waals surface area contributed by atoms with Gasteiger partial charge in [0.15, 0.2) is 0 Å². The van der Waals surface area contributed by atoms with Crippen LogP contribution in [-0.2, 0) is 6.18 Å². The normalized spacial score (nSPS) is 11.4. The summed E-state index contributed by atoms with van der Waals surface area (Å²) in [6.45, 7) is 0. The molecule has 2 aromatic rings. The van der Waals surface area contributed by atoms with Crippen LogP contribution in [0, 0.1) is 0 Å². The van der Waals surface area contributed by atoms with E-state index in [9.17, 15) is 18.0 Å². The van der Waals surface area contributed by atoms with Crippen LogP contribution >= 0.6 is 23.2 Å². The highest BCUT2D eigenvalue weighted by molar-refractivity contribution is 6.37. The number of hydrogen-bond donors (Lipinski definition) is 0. The third kappa shape index (κ3) is 2.94. The average molecular weight is 320 g/mol. The molecule has 0 aliphatic heterocycles. The molecule has 0 amide bonds. The molecule has 2 nitrogen and oxygen atoms in total. The molecular formula is C13H6Cl2F3NO. The summed E-state index contributed by atoms with van der Waals surface area (Å²) in [5.74, 6) is -0.630. The molecule has 0 spiro atoms. The van der Waals surface area contributed by atoms with Crippen LogP contribution in [0.15, 0.2) is 36.5 Å². The van der Waals surface area contributed by atoms with Crippen molar-refractivity contribution < 1.29 is 18.0 Å². The summed E-state index contributed by atoms with van der Waals surface area (Å²) in [6.07, 6.45) is -4.00. The summed E-state index contributed by atoms with van der Waals surface area (Å²) in [5.41, 5.74) is -1.16. The number of nitrogens with zero attached hydrogens (tertiary/aromatic N) is 1. The summed E-state index contributed by atoms with van der Waals surface area (Å²) in [5, 5.41) is -0.194. The van der Waals surface area contributed by atoms with Gasteiger partial charge < -0.3 is 0 Å². The average Bonchev–Trinajstić information content (AvgIpc) is 2.37. The van der Waals surface area contributed by atoms with E-state index in [1.165, 1.54) is 12.1 Å². The predicted octanol–water partition coefficient (Wildman–Crippen LogP) is 4.64. The molecule has 0 saturated heterocycles. The number of ketones is 1. The second-order valence-electron chi connectivity index (χ2n) is 3.86. The maximum Gasteiger partial charge on any atom is 0.417 e. The van der Waals surface area contributed by atoms with E-state index in [0.717, 1.165) is 0 Å². The molecule has 0 saturated carbocycles. The van der Waals surface area contributed by atoms with Gasteiger partial charge in [0.2, 0.25) is 5.78 Å². The molecule has 2 rings (SSSR count). The van der Waals surface area contributed by atoms with Gasteiger partial charge in [-0.15, -0.1) is 0 Å². The number of carbonyl (C=O) groups is 1. The Hall–Kier alpha value is -1.59. The van der Waals surface area contributed by atoms with Crippen LogP contribution in [0.25, 0.3) is 0 Å². The van der Waals surface area contributed by atoms with E-state index in [2.05, 4.69) is 4.98 Å². The number of alkyl halides is 3. The molecule has 0 fully saturated rings. The third-order valence-electron chi connectivity index (χ3n) is 2.50. The van der Waals surface area contributed by atoms with Gasteiger partial charge in [-0.2, -0.15) is 13.2 Å². The standard InChI is InChI=1S/C13H6Cl2F3NO/c14-9-4-2-1-3-8(9)12(20)11-10(15)5-7(6-19-11)13(16,17)18/h1-6H. The molecule has 7 heteroatoms. The van der Waals surface area contributed by atoms with Gasteiger partial charge in [0.1, 0.15) is 5.69 Å². The first kappa shape index (κ1) is 14.8. The van der Waals surface area contributed by atoms with Crippen molar-refractivity contribution in [2.45, 2.75) is 6.18 Å². The molecule has 0 N–H and O–H groups in total. The quantitative estimate of drug-likeness (QED) is 0.755. The zero-order valence-corrected chi connectivity index (χ0v) is 11.2. The van der Waals surface area contributed by atoms with Crippen molar-refractivity contribution >= 4 is 29.0 Å². The van der Waals surface area contributed by atoms with Crippen LogP contribution in [-0.4, -0.2) is 10.8 Å². The van der Waals surface area contributed by atoms with E-state index < -0.39 is 17.5 Å². The largest absolute Gasteiger partial charge is 0.417 e. The number of pyridine rings is 1. The minimum atomic E-state index is -4.57. The monoisotopic (exact) mass is 319 g/mol. The second-order valence-corrected chi connectivity index (χ2v) is 4.68.